The molecule has 0 aromatic rings. The van der Waals surface area contributed by atoms with E-state index in [2.05, 4.69) is 34.4 Å². The molecular weight excluding hydrogens is 292 g/mol. The van der Waals surface area contributed by atoms with Gasteiger partial charge in [-0.3, -0.25) is 4.99 Å². The van der Waals surface area contributed by atoms with E-state index >= 15 is 0 Å². The van der Waals surface area contributed by atoms with Crippen LogP contribution in [-0.4, -0.2) is 76.6 Å². The van der Waals surface area contributed by atoms with E-state index in [0.717, 1.165) is 64.8 Å². The van der Waals surface area contributed by atoms with E-state index in [1.165, 1.54) is 19.4 Å². The fourth-order valence-electron chi connectivity index (χ4n) is 2.60. The largest absolute Gasteiger partial charge is 0.379 e. The molecule has 0 radical (unpaired) electrons. The van der Waals surface area contributed by atoms with Crippen LogP contribution in [0.4, 0.5) is 0 Å². The third kappa shape index (κ3) is 9.79. The highest BCUT2D eigenvalue weighted by Gasteiger charge is 2.15. The Morgan fingerprint density at radius 1 is 1.17 bits per heavy atom. The lowest BCUT2D eigenvalue weighted by Gasteiger charge is -2.18. The Bertz CT molecular complexity index is 289. The molecule has 1 heterocycles. The van der Waals surface area contributed by atoms with Crippen LogP contribution in [0.15, 0.2) is 4.99 Å². The predicted molar refractivity (Wildman–Crippen MR) is 96.2 cm³/mol. The Balaban J connectivity index is 1.95. The average Bonchev–Trinajstić information content (AvgIpc) is 3.09. The lowest BCUT2D eigenvalue weighted by molar-refractivity contribution is 0.0420. The van der Waals surface area contributed by atoms with Crippen LogP contribution in [0.2, 0.25) is 0 Å². The topological polar surface area (TPSA) is 58.1 Å². The van der Waals surface area contributed by atoms with Crippen LogP contribution >= 0.6 is 0 Å². The van der Waals surface area contributed by atoms with E-state index in [4.69, 9.17) is 9.47 Å². The number of hydrogen-bond donors (Lipinski definition) is 2. The molecule has 1 aliphatic rings. The first kappa shape index (κ1) is 20.2. The van der Waals surface area contributed by atoms with Crippen molar-refractivity contribution in [2.75, 3.05) is 59.6 Å². The Morgan fingerprint density at radius 2 is 1.91 bits per heavy atom. The van der Waals surface area contributed by atoms with Gasteiger partial charge in [-0.2, -0.15) is 0 Å². The Hall–Kier alpha value is -0.850. The van der Waals surface area contributed by atoms with E-state index in [9.17, 15) is 0 Å². The van der Waals surface area contributed by atoms with Gasteiger partial charge in [-0.1, -0.05) is 13.8 Å². The molecule has 6 nitrogen and oxygen atoms in total. The van der Waals surface area contributed by atoms with Crippen molar-refractivity contribution >= 4 is 5.96 Å². The zero-order chi connectivity index (χ0) is 16.8. The fourth-order valence-corrected chi connectivity index (χ4v) is 2.60. The maximum absolute atomic E-state index is 5.75. The molecule has 0 saturated carbocycles. The van der Waals surface area contributed by atoms with Gasteiger partial charge in [-0.05, 0) is 45.3 Å². The van der Waals surface area contributed by atoms with Gasteiger partial charge in [0.1, 0.15) is 0 Å². The summed E-state index contributed by atoms with van der Waals surface area (Å²) in [5.41, 5.74) is 0. The van der Waals surface area contributed by atoms with Crippen LogP contribution in [0, 0.1) is 0 Å². The second-order valence-corrected chi connectivity index (χ2v) is 5.87. The third-order valence-corrected chi connectivity index (χ3v) is 4.17. The summed E-state index contributed by atoms with van der Waals surface area (Å²) in [6, 6.07) is 0. The summed E-state index contributed by atoms with van der Waals surface area (Å²) in [5, 5.41) is 6.70. The van der Waals surface area contributed by atoms with Gasteiger partial charge < -0.3 is 25.0 Å². The van der Waals surface area contributed by atoms with Crippen molar-refractivity contribution in [2.24, 2.45) is 4.99 Å². The number of guanidine groups is 1. The zero-order valence-electron chi connectivity index (χ0n) is 15.3. The van der Waals surface area contributed by atoms with E-state index < -0.39 is 0 Å². The summed E-state index contributed by atoms with van der Waals surface area (Å²) in [4.78, 5) is 6.71. The lowest BCUT2D eigenvalue weighted by atomic mass is 10.3. The summed E-state index contributed by atoms with van der Waals surface area (Å²) in [7, 11) is 1.82. The van der Waals surface area contributed by atoms with Crippen LogP contribution in [0.5, 0.6) is 0 Å². The fraction of sp³-hybridized carbons (Fsp3) is 0.941. The molecule has 0 aromatic heterocycles. The number of rotatable bonds is 12. The van der Waals surface area contributed by atoms with Gasteiger partial charge in [0, 0.05) is 33.4 Å². The summed E-state index contributed by atoms with van der Waals surface area (Å²) in [5.74, 6) is 0.886. The first-order chi connectivity index (χ1) is 11.3. The highest BCUT2D eigenvalue weighted by Crippen LogP contribution is 2.07. The van der Waals surface area contributed by atoms with Gasteiger partial charge in [-0.25, -0.2) is 0 Å². The van der Waals surface area contributed by atoms with Gasteiger partial charge in [0.15, 0.2) is 5.96 Å². The van der Waals surface area contributed by atoms with Crippen molar-refractivity contribution in [1.29, 1.82) is 0 Å². The minimum Gasteiger partial charge on any atom is -0.379 e. The van der Waals surface area contributed by atoms with Crippen LogP contribution in [0.1, 0.15) is 39.5 Å². The van der Waals surface area contributed by atoms with Gasteiger partial charge in [0.2, 0.25) is 0 Å². The molecule has 0 bridgehead atoms. The monoisotopic (exact) mass is 328 g/mol. The van der Waals surface area contributed by atoms with Crippen LogP contribution in [0.3, 0.4) is 0 Å². The van der Waals surface area contributed by atoms with E-state index in [1.807, 2.05) is 7.05 Å². The number of ether oxygens (including phenoxy) is 2. The molecule has 1 rings (SSSR count). The predicted octanol–water partition coefficient (Wildman–Crippen LogP) is 1.47. The van der Waals surface area contributed by atoms with E-state index in [-0.39, 0.29) is 0 Å². The van der Waals surface area contributed by atoms with Gasteiger partial charge >= 0.3 is 0 Å². The molecule has 0 aliphatic carbocycles. The number of hydrogen-bond acceptors (Lipinski definition) is 4. The van der Waals surface area contributed by atoms with Crippen molar-refractivity contribution in [3.05, 3.63) is 0 Å². The maximum Gasteiger partial charge on any atom is 0.190 e. The highest BCUT2D eigenvalue weighted by molar-refractivity contribution is 5.79. The summed E-state index contributed by atoms with van der Waals surface area (Å²) < 4.78 is 11.0. The minimum absolute atomic E-state index is 0.304. The molecule has 6 heteroatoms. The van der Waals surface area contributed by atoms with Crippen LogP contribution in [-0.2, 0) is 9.47 Å². The summed E-state index contributed by atoms with van der Waals surface area (Å²) in [6.07, 6.45) is 4.71. The average molecular weight is 329 g/mol. The Morgan fingerprint density at radius 3 is 2.52 bits per heavy atom. The maximum atomic E-state index is 5.75. The van der Waals surface area contributed by atoms with Crippen molar-refractivity contribution < 1.29 is 9.47 Å². The summed E-state index contributed by atoms with van der Waals surface area (Å²) >= 11 is 0. The number of unbranched alkanes of at least 4 members (excludes halogenated alkanes) is 1. The molecule has 0 spiro atoms. The number of nitrogens with one attached hydrogen (secondary N) is 2. The molecule has 1 fully saturated rings. The molecule has 1 saturated heterocycles. The SMILES string of the molecule is CCN(CC)CCCCNC(=NC)NCCCOC1CCOC1. The summed E-state index contributed by atoms with van der Waals surface area (Å²) in [6.45, 7) is 12.1. The van der Waals surface area contributed by atoms with Gasteiger partial charge in [-0.15, -0.1) is 0 Å². The van der Waals surface area contributed by atoms with E-state index in [0.29, 0.717) is 6.10 Å². The molecule has 1 unspecified atom stereocenters. The lowest BCUT2D eigenvalue weighted by Crippen LogP contribution is -2.38. The number of nitrogens with zero attached hydrogens (tertiary/aromatic N) is 2. The minimum atomic E-state index is 0.304. The smallest absolute Gasteiger partial charge is 0.190 e. The van der Waals surface area contributed by atoms with Gasteiger partial charge in [0.25, 0.3) is 0 Å². The normalized spacial score (nSPS) is 18.6. The second-order valence-electron chi connectivity index (χ2n) is 5.87. The molecule has 136 valence electrons. The first-order valence-corrected chi connectivity index (χ1v) is 9.16. The molecule has 23 heavy (non-hydrogen) atoms. The van der Waals surface area contributed by atoms with Crippen molar-refractivity contribution in [3.8, 4) is 0 Å². The molecule has 1 aliphatic heterocycles. The molecule has 0 aromatic carbocycles. The van der Waals surface area contributed by atoms with E-state index in [1.54, 1.807) is 0 Å². The highest BCUT2D eigenvalue weighted by atomic mass is 16.5. The van der Waals surface area contributed by atoms with Crippen LogP contribution < -0.4 is 10.6 Å². The van der Waals surface area contributed by atoms with Gasteiger partial charge in [0.05, 0.1) is 12.7 Å². The van der Waals surface area contributed by atoms with Crippen molar-refractivity contribution in [1.82, 2.24) is 15.5 Å². The zero-order valence-corrected chi connectivity index (χ0v) is 15.3. The number of aliphatic imine (C=N–C) groups is 1. The van der Waals surface area contributed by atoms with Crippen molar-refractivity contribution in [2.45, 2.75) is 45.6 Å². The van der Waals surface area contributed by atoms with Crippen LogP contribution in [0.25, 0.3) is 0 Å². The standard InChI is InChI=1S/C17H36N4O2/c1-4-21(5-2)12-7-6-10-19-17(18-3)20-11-8-13-23-16-9-14-22-15-16/h16H,4-15H2,1-3H3,(H2,18,19,20). The second kappa shape index (κ2) is 13.6. The molecule has 1 atom stereocenters. The molecular formula is C17H36N4O2. The Labute approximate surface area is 142 Å². The Kier molecular flexibility index (Phi) is 11.9. The molecule has 0 amide bonds. The first-order valence-electron chi connectivity index (χ1n) is 9.16. The quantitative estimate of drug-likeness (QED) is 0.323. The third-order valence-electron chi connectivity index (χ3n) is 4.17. The van der Waals surface area contributed by atoms with Crippen molar-refractivity contribution in [3.63, 3.8) is 0 Å². The molecule has 2 N–H and O–H groups in total.